The fourth-order valence-electron chi connectivity index (χ4n) is 1.88. The Morgan fingerprint density at radius 2 is 2.06 bits per heavy atom. The van der Waals surface area contributed by atoms with Crippen LogP contribution in [0.15, 0.2) is 0 Å². The van der Waals surface area contributed by atoms with Crippen molar-refractivity contribution in [2.45, 2.75) is 32.5 Å². The Bertz CT molecular complexity index is 344. The monoisotopic (exact) mass is 287 g/mol. The molecule has 92 valence electrons. The average molecular weight is 288 g/mol. The largest absolute Gasteiger partial charge is 0.360 e. The third-order valence-corrected chi connectivity index (χ3v) is 3.41. The van der Waals surface area contributed by atoms with Crippen molar-refractivity contribution in [1.29, 1.82) is 0 Å². The Labute approximate surface area is 107 Å². The minimum atomic E-state index is 0.740. The summed E-state index contributed by atoms with van der Waals surface area (Å²) in [5.41, 5.74) is 2.42. The van der Waals surface area contributed by atoms with E-state index in [1.807, 2.05) is 11.7 Å². The lowest BCUT2D eigenvalue weighted by molar-refractivity contribution is 0.578. The van der Waals surface area contributed by atoms with Crippen LogP contribution in [0.1, 0.15) is 31.5 Å². The molecule has 0 aliphatic carbocycles. The Morgan fingerprint density at radius 1 is 1.44 bits per heavy atom. The van der Waals surface area contributed by atoms with Gasteiger partial charge < -0.3 is 4.90 Å². The Hall–Kier alpha value is -0.510. The number of rotatable bonds is 5. The highest BCUT2D eigenvalue weighted by atomic mass is 79.9. The maximum Gasteiger partial charge on any atom is 0.130 e. The molecule has 1 aromatic heterocycles. The van der Waals surface area contributed by atoms with Gasteiger partial charge in [-0.05, 0) is 19.3 Å². The summed E-state index contributed by atoms with van der Waals surface area (Å²) in [5, 5.41) is 5.34. The summed E-state index contributed by atoms with van der Waals surface area (Å²) in [6.45, 7) is 7.66. The van der Waals surface area contributed by atoms with Crippen molar-refractivity contribution in [1.82, 2.24) is 9.78 Å². The van der Waals surface area contributed by atoms with Gasteiger partial charge in [-0.1, -0.05) is 29.8 Å². The van der Waals surface area contributed by atoms with Crippen molar-refractivity contribution in [2.75, 3.05) is 18.5 Å². The third kappa shape index (κ3) is 3.00. The highest BCUT2D eigenvalue weighted by molar-refractivity contribution is 9.08. The molecule has 1 heterocycles. The summed E-state index contributed by atoms with van der Waals surface area (Å²) in [6, 6.07) is 0. The molecular formula is C12H22BrN3. The summed E-state index contributed by atoms with van der Waals surface area (Å²) < 4.78 is 1.98. The summed E-state index contributed by atoms with van der Waals surface area (Å²) in [5.74, 6) is 1.97. The molecule has 0 aliphatic rings. The molecule has 0 N–H and O–H groups in total. The van der Waals surface area contributed by atoms with Gasteiger partial charge in [0.15, 0.2) is 0 Å². The average Bonchev–Trinajstić information content (AvgIpc) is 2.49. The molecule has 0 atom stereocenters. The van der Waals surface area contributed by atoms with Crippen molar-refractivity contribution in [2.24, 2.45) is 13.0 Å². The molecule has 0 aromatic carbocycles. The van der Waals surface area contributed by atoms with E-state index in [9.17, 15) is 0 Å². The first-order chi connectivity index (χ1) is 7.47. The summed E-state index contributed by atoms with van der Waals surface area (Å²) in [7, 11) is 4.16. The van der Waals surface area contributed by atoms with Gasteiger partial charge in [-0.15, -0.1) is 0 Å². The first-order valence-electron chi connectivity index (χ1n) is 5.77. The number of aryl methyl sites for hydroxylation is 2. The van der Waals surface area contributed by atoms with E-state index in [1.54, 1.807) is 0 Å². The second-order valence-electron chi connectivity index (χ2n) is 4.75. The van der Waals surface area contributed by atoms with E-state index in [2.05, 4.69) is 53.7 Å². The van der Waals surface area contributed by atoms with Crippen LogP contribution in [0.4, 0.5) is 5.82 Å². The summed E-state index contributed by atoms with van der Waals surface area (Å²) in [6.07, 6.45) is 1.21. The molecule has 0 aliphatic heterocycles. The van der Waals surface area contributed by atoms with E-state index < -0.39 is 0 Å². The standard InChI is InChI=1S/C12H22BrN3/c1-9(2)6-7-15(4)12-11(8-13)10(3)14-16(12)5/h9H,6-8H2,1-5H3. The van der Waals surface area contributed by atoms with Crippen LogP contribution in [-0.2, 0) is 12.4 Å². The molecule has 4 heteroatoms. The van der Waals surface area contributed by atoms with Crippen molar-refractivity contribution >= 4 is 21.7 Å². The maximum atomic E-state index is 4.48. The van der Waals surface area contributed by atoms with Crippen LogP contribution in [0.3, 0.4) is 0 Å². The minimum absolute atomic E-state index is 0.740. The van der Waals surface area contributed by atoms with Gasteiger partial charge in [0.25, 0.3) is 0 Å². The molecule has 0 unspecified atom stereocenters. The van der Waals surface area contributed by atoms with E-state index >= 15 is 0 Å². The third-order valence-electron chi connectivity index (χ3n) is 2.85. The van der Waals surface area contributed by atoms with Crippen molar-refractivity contribution in [3.05, 3.63) is 11.3 Å². The highest BCUT2D eigenvalue weighted by Crippen LogP contribution is 2.24. The Morgan fingerprint density at radius 3 is 2.56 bits per heavy atom. The van der Waals surface area contributed by atoms with Gasteiger partial charge in [0, 0.05) is 31.5 Å². The molecular weight excluding hydrogens is 266 g/mol. The van der Waals surface area contributed by atoms with Crippen molar-refractivity contribution < 1.29 is 0 Å². The van der Waals surface area contributed by atoms with E-state index in [0.717, 1.165) is 23.5 Å². The first-order valence-corrected chi connectivity index (χ1v) is 6.89. The maximum absolute atomic E-state index is 4.48. The minimum Gasteiger partial charge on any atom is -0.360 e. The number of halogens is 1. The molecule has 0 amide bonds. The lowest BCUT2D eigenvalue weighted by Crippen LogP contribution is -2.23. The molecule has 0 saturated heterocycles. The second kappa shape index (κ2) is 5.71. The number of hydrogen-bond donors (Lipinski definition) is 0. The van der Waals surface area contributed by atoms with Gasteiger partial charge in [0.2, 0.25) is 0 Å². The number of hydrogen-bond acceptors (Lipinski definition) is 2. The molecule has 1 aromatic rings. The Kier molecular flexibility index (Phi) is 4.84. The van der Waals surface area contributed by atoms with Crippen LogP contribution < -0.4 is 4.90 Å². The van der Waals surface area contributed by atoms with Crippen LogP contribution in [0.5, 0.6) is 0 Å². The number of alkyl halides is 1. The Balaban J connectivity index is 2.85. The smallest absolute Gasteiger partial charge is 0.130 e. The zero-order valence-corrected chi connectivity index (χ0v) is 12.5. The van der Waals surface area contributed by atoms with Gasteiger partial charge in [-0.2, -0.15) is 5.10 Å². The van der Waals surface area contributed by atoms with E-state index in [1.165, 1.54) is 17.8 Å². The summed E-state index contributed by atoms with van der Waals surface area (Å²) >= 11 is 3.54. The second-order valence-corrected chi connectivity index (χ2v) is 5.31. The molecule has 0 saturated carbocycles. The zero-order chi connectivity index (χ0) is 12.3. The number of aromatic nitrogens is 2. The van der Waals surface area contributed by atoms with Crippen LogP contribution in [0.25, 0.3) is 0 Å². The fraction of sp³-hybridized carbons (Fsp3) is 0.750. The number of anilines is 1. The molecule has 16 heavy (non-hydrogen) atoms. The lowest BCUT2D eigenvalue weighted by atomic mass is 10.1. The van der Waals surface area contributed by atoms with Gasteiger partial charge in [-0.3, -0.25) is 4.68 Å². The molecule has 0 radical (unpaired) electrons. The highest BCUT2D eigenvalue weighted by Gasteiger charge is 2.15. The van der Waals surface area contributed by atoms with Gasteiger partial charge in [-0.25, -0.2) is 0 Å². The fourth-order valence-corrected chi connectivity index (χ4v) is 2.54. The van der Waals surface area contributed by atoms with E-state index in [-0.39, 0.29) is 0 Å². The lowest BCUT2D eigenvalue weighted by Gasteiger charge is -2.21. The first kappa shape index (κ1) is 13.6. The summed E-state index contributed by atoms with van der Waals surface area (Å²) in [4.78, 5) is 2.30. The van der Waals surface area contributed by atoms with Crippen LogP contribution in [0, 0.1) is 12.8 Å². The molecule has 0 bridgehead atoms. The molecule has 0 fully saturated rings. The normalized spacial score (nSPS) is 11.2. The van der Waals surface area contributed by atoms with Crippen molar-refractivity contribution in [3.8, 4) is 0 Å². The quantitative estimate of drug-likeness (QED) is 0.776. The predicted octanol–water partition coefficient (Wildman–Crippen LogP) is 3.11. The van der Waals surface area contributed by atoms with Crippen LogP contribution in [-0.4, -0.2) is 23.4 Å². The molecule has 3 nitrogen and oxygen atoms in total. The van der Waals surface area contributed by atoms with Crippen molar-refractivity contribution in [3.63, 3.8) is 0 Å². The number of nitrogens with zero attached hydrogens (tertiary/aromatic N) is 3. The van der Waals surface area contributed by atoms with Gasteiger partial charge in [0.05, 0.1) is 5.69 Å². The topological polar surface area (TPSA) is 21.1 Å². The van der Waals surface area contributed by atoms with Gasteiger partial charge >= 0.3 is 0 Å². The van der Waals surface area contributed by atoms with Crippen LogP contribution in [0.2, 0.25) is 0 Å². The molecule has 1 rings (SSSR count). The molecule has 0 spiro atoms. The SMILES string of the molecule is Cc1nn(C)c(N(C)CCC(C)C)c1CBr. The predicted molar refractivity (Wildman–Crippen MR) is 73.3 cm³/mol. The van der Waals surface area contributed by atoms with Crippen LogP contribution >= 0.6 is 15.9 Å². The van der Waals surface area contributed by atoms with E-state index in [4.69, 9.17) is 0 Å². The van der Waals surface area contributed by atoms with E-state index in [0.29, 0.717) is 0 Å². The zero-order valence-electron chi connectivity index (χ0n) is 10.9. The van der Waals surface area contributed by atoms with Gasteiger partial charge in [0.1, 0.15) is 5.82 Å².